The fourth-order valence-electron chi connectivity index (χ4n) is 4.36. The second-order valence-electron chi connectivity index (χ2n) is 9.51. The predicted molar refractivity (Wildman–Crippen MR) is 153 cm³/mol. The van der Waals surface area contributed by atoms with Crippen LogP contribution in [0.4, 0.5) is 13.9 Å². The Balaban J connectivity index is 1.36. The number of hydrogen-bond donors (Lipinski definition) is 2. The van der Waals surface area contributed by atoms with Gasteiger partial charge in [-0.25, -0.2) is 27.0 Å². The van der Waals surface area contributed by atoms with Crippen LogP contribution in [0.1, 0.15) is 41.3 Å². The van der Waals surface area contributed by atoms with Gasteiger partial charge in [0.2, 0.25) is 21.2 Å². The number of benzene rings is 3. The van der Waals surface area contributed by atoms with Crippen molar-refractivity contribution in [3.63, 3.8) is 0 Å². The average molecular weight is 630 g/mol. The van der Waals surface area contributed by atoms with E-state index in [9.17, 15) is 26.8 Å². The number of carbonyl (C=O) groups is 2. The van der Waals surface area contributed by atoms with E-state index in [1.807, 2.05) is 0 Å². The lowest BCUT2D eigenvalue weighted by atomic mass is 10.1. The average Bonchev–Trinajstić information content (AvgIpc) is 3.43. The summed E-state index contributed by atoms with van der Waals surface area (Å²) in [6.45, 7) is 0.852. The Morgan fingerprint density at radius 2 is 1.67 bits per heavy atom. The molecule has 224 valence electrons. The molecule has 10 nitrogen and oxygen atoms in total. The van der Waals surface area contributed by atoms with Gasteiger partial charge in [0.25, 0.3) is 5.91 Å². The van der Waals surface area contributed by atoms with Crippen LogP contribution in [-0.4, -0.2) is 47.8 Å². The number of rotatable bonds is 10. The molecular formula is C29H25F2N3O7S2. The van der Waals surface area contributed by atoms with Gasteiger partial charge in [-0.1, -0.05) is 29.9 Å². The fraction of sp³-hybridized carbons (Fsp3) is 0.207. The molecule has 1 amide bonds. The number of hydrogen-bond acceptors (Lipinski definition) is 8. The zero-order valence-electron chi connectivity index (χ0n) is 22.4. The summed E-state index contributed by atoms with van der Waals surface area (Å²) in [7, 11) is -3.73. The first-order valence-corrected chi connectivity index (χ1v) is 15.4. The molecule has 3 aromatic carbocycles. The third-order valence-electron chi connectivity index (χ3n) is 6.55. The van der Waals surface area contributed by atoms with Gasteiger partial charge in [0, 0.05) is 24.7 Å². The summed E-state index contributed by atoms with van der Waals surface area (Å²) >= 11 is 0.967. The van der Waals surface area contributed by atoms with E-state index < -0.39 is 39.6 Å². The van der Waals surface area contributed by atoms with Crippen LogP contribution in [0.3, 0.4) is 0 Å². The number of ether oxygens (including phenoxy) is 2. The molecule has 0 bridgehead atoms. The summed E-state index contributed by atoms with van der Waals surface area (Å²) in [6.07, 6.45) is 2.39. The van der Waals surface area contributed by atoms with Crippen LogP contribution < -0.4 is 14.8 Å². The quantitative estimate of drug-likeness (QED) is 0.223. The second-order valence-corrected chi connectivity index (χ2v) is 12.4. The van der Waals surface area contributed by atoms with Crippen molar-refractivity contribution >= 4 is 38.4 Å². The van der Waals surface area contributed by atoms with Crippen LogP contribution in [0.15, 0.2) is 77.8 Å². The van der Waals surface area contributed by atoms with Crippen LogP contribution in [-0.2, 0) is 14.8 Å². The summed E-state index contributed by atoms with van der Waals surface area (Å²) < 4.78 is 66.9. The van der Waals surface area contributed by atoms with E-state index in [-0.39, 0.29) is 32.0 Å². The highest BCUT2D eigenvalue weighted by molar-refractivity contribution is 7.89. The van der Waals surface area contributed by atoms with Gasteiger partial charge >= 0.3 is 5.97 Å². The number of nitrogens with zero attached hydrogens (tertiary/aromatic N) is 2. The van der Waals surface area contributed by atoms with E-state index >= 15 is 0 Å². The molecule has 4 aromatic rings. The molecule has 1 unspecified atom stereocenters. The first-order chi connectivity index (χ1) is 20.6. The molecule has 2 heterocycles. The number of amides is 1. The first kappa shape index (κ1) is 30.1. The SMILES string of the molecule is O=C(O)c1ccc(Oc2cnc(NC(=O)C(Oc3ccc(F)cc3F)c3ccc(S(=O)(=O)N4CCCCC4)cc3)s2)cc1. The topological polar surface area (TPSA) is 135 Å². The number of sulfonamides is 1. The molecule has 14 heteroatoms. The van der Waals surface area contributed by atoms with Crippen LogP contribution in [0.5, 0.6) is 16.6 Å². The van der Waals surface area contributed by atoms with Gasteiger partial charge in [-0.15, -0.1) is 0 Å². The summed E-state index contributed by atoms with van der Waals surface area (Å²) in [6, 6.07) is 13.9. The van der Waals surface area contributed by atoms with Gasteiger partial charge in [0.05, 0.1) is 16.7 Å². The summed E-state index contributed by atoms with van der Waals surface area (Å²) in [5, 5.41) is 12.0. The summed E-state index contributed by atoms with van der Waals surface area (Å²) in [5.74, 6) is -3.74. The molecule has 1 saturated heterocycles. The molecule has 2 N–H and O–H groups in total. The van der Waals surface area contributed by atoms with Crippen molar-refractivity contribution in [3.05, 3.63) is 95.7 Å². The molecule has 0 radical (unpaired) electrons. The Morgan fingerprint density at radius 1 is 0.977 bits per heavy atom. The number of piperidine rings is 1. The largest absolute Gasteiger partial charge is 0.478 e. The van der Waals surface area contributed by atoms with E-state index in [1.165, 1.54) is 59.0 Å². The van der Waals surface area contributed by atoms with Gasteiger partial charge in [0.1, 0.15) is 11.6 Å². The minimum Gasteiger partial charge on any atom is -0.478 e. The summed E-state index contributed by atoms with van der Waals surface area (Å²) in [5.41, 5.74) is 0.302. The Labute approximate surface area is 249 Å². The molecule has 0 spiro atoms. The normalized spacial score (nSPS) is 14.6. The maximum Gasteiger partial charge on any atom is 0.335 e. The number of anilines is 1. The van der Waals surface area contributed by atoms with Crippen molar-refractivity contribution in [2.24, 2.45) is 0 Å². The molecule has 5 rings (SSSR count). The molecule has 0 aliphatic carbocycles. The van der Waals surface area contributed by atoms with Crippen molar-refractivity contribution in [2.45, 2.75) is 30.3 Å². The van der Waals surface area contributed by atoms with Crippen LogP contribution in [0.25, 0.3) is 0 Å². The van der Waals surface area contributed by atoms with Gasteiger partial charge in [-0.05, 0) is 61.4 Å². The maximum absolute atomic E-state index is 14.5. The van der Waals surface area contributed by atoms with Crippen LogP contribution in [0.2, 0.25) is 0 Å². The first-order valence-electron chi connectivity index (χ1n) is 13.1. The number of thiazole rings is 1. The number of aromatic carboxylic acids is 1. The minimum atomic E-state index is -3.73. The van der Waals surface area contributed by atoms with E-state index in [0.29, 0.717) is 24.9 Å². The highest BCUT2D eigenvalue weighted by atomic mass is 32.2. The van der Waals surface area contributed by atoms with E-state index in [4.69, 9.17) is 14.6 Å². The highest BCUT2D eigenvalue weighted by Gasteiger charge is 2.29. The summed E-state index contributed by atoms with van der Waals surface area (Å²) in [4.78, 5) is 28.6. The van der Waals surface area contributed by atoms with Crippen molar-refractivity contribution in [1.82, 2.24) is 9.29 Å². The van der Waals surface area contributed by atoms with Crippen molar-refractivity contribution < 1.29 is 41.4 Å². The number of carboxylic acid groups (broad SMARTS) is 1. The van der Waals surface area contributed by atoms with Gasteiger partial charge in [0.15, 0.2) is 16.7 Å². The number of carboxylic acids is 1. The third-order valence-corrected chi connectivity index (χ3v) is 9.25. The molecule has 1 aliphatic heterocycles. The van der Waals surface area contributed by atoms with Gasteiger partial charge in [-0.2, -0.15) is 4.31 Å². The number of carbonyl (C=O) groups excluding carboxylic acids is 1. The predicted octanol–water partition coefficient (Wildman–Crippen LogP) is 5.85. The molecule has 1 aliphatic rings. The van der Waals surface area contributed by atoms with E-state index in [1.54, 1.807) is 0 Å². The third kappa shape index (κ3) is 7.16. The van der Waals surface area contributed by atoms with Crippen molar-refractivity contribution in [1.29, 1.82) is 0 Å². The monoisotopic (exact) mass is 629 g/mol. The smallest absolute Gasteiger partial charge is 0.335 e. The molecule has 1 fully saturated rings. The minimum absolute atomic E-state index is 0.0448. The number of nitrogens with one attached hydrogen (secondary N) is 1. The lowest BCUT2D eigenvalue weighted by Gasteiger charge is -2.26. The Morgan fingerprint density at radius 3 is 2.33 bits per heavy atom. The fourth-order valence-corrected chi connectivity index (χ4v) is 6.56. The number of aromatic nitrogens is 1. The lowest BCUT2D eigenvalue weighted by Crippen LogP contribution is -2.35. The standard InChI is InChI=1S/C29H25F2N3O7S2/c30-20-8-13-24(23(31)16-20)41-26(18-6-11-22(12-7-18)43(38,39)34-14-2-1-3-15-34)27(35)33-29-32-17-25(42-29)40-21-9-4-19(5-10-21)28(36)37/h4-13,16-17,26H,1-3,14-15H2,(H,36,37)(H,32,33,35). The zero-order chi connectivity index (χ0) is 30.6. The lowest BCUT2D eigenvalue weighted by molar-refractivity contribution is -0.123. The van der Waals surface area contributed by atoms with Crippen LogP contribution >= 0.6 is 11.3 Å². The molecule has 1 atom stereocenters. The van der Waals surface area contributed by atoms with E-state index in [2.05, 4.69) is 10.3 Å². The molecule has 0 saturated carbocycles. The second kappa shape index (κ2) is 12.9. The Hall–Kier alpha value is -4.40. The Bertz CT molecular complexity index is 1720. The van der Waals surface area contributed by atoms with Crippen LogP contribution in [0, 0.1) is 11.6 Å². The molecular weight excluding hydrogens is 604 g/mol. The molecule has 43 heavy (non-hydrogen) atoms. The molecule has 1 aromatic heterocycles. The highest BCUT2D eigenvalue weighted by Crippen LogP contribution is 2.33. The maximum atomic E-state index is 14.5. The zero-order valence-corrected chi connectivity index (χ0v) is 24.0. The van der Waals surface area contributed by atoms with Gasteiger partial charge in [-0.3, -0.25) is 10.1 Å². The van der Waals surface area contributed by atoms with E-state index in [0.717, 1.165) is 42.7 Å². The Kier molecular flexibility index (Phi) is 8.99. The van der Waals surface area contributed by atoms with Gasteiger partial charge < -0.3 is 14.6 Å². The number of halogens is 2. The van der Waals surface area contributed by atoms with Crippen molar-refractivity contribution in [2.75, 3.05) is 18.4 Å². The van der Waals surface area contributed by atoms with Crippen molar-refractivity contribution in [3.8, 4) is 16.6 Å².